The fraction of sp³-hybridized carbons (Fsp3) is 0.350. The minimum Gasteiger partial charge on any atom is -0.508 e. The molecule has 1 aliphatic rings. The molecule has 5 heteroatoms. The third-order valence-corrected chi connectivity index (χ3v) is 4.58. The summed E-state index contributed by atoms with van der Waals surface area (Å²) in [5.74, 6) is 0.284. The zero-order valence-corrected chi connectivity index (χ0v) is 14.4. The quantitative estimate of drug-likeness (QED) is 0.791. The third kappa shape index (κ3) is 4.38. The minimum absolute atomic E-state index is 0.0327. The molecule has 2 N–H and O–H groups in total. The second kappa shape index (κ2) is 8.14. The van der Waals surface area contributed by atoms with Gasteiger partial charge in [-0.05, 0) is 35.2 Å². The highest BCUT2D eigenvalue weighted by molar-refractivity contribution is 5.82. The lowest BCUT2D eigenvalue weighted by atomic mass is 9.93. The number of phenolic OH excluding ortho intramolecular Hbond substituents is 1. The molecule has 1 unspecified atom stereocenters. The molecule has 1 aliphatic heterocycles. The van der Waals surface area contributed by atoms with Gasteiger partial charge in [0.2, 0.25) is 5.91 Å². The molecule has 2 aromatic carbocycles. The van der Waals surface area contributed by atoms with Crippen LogP contribution in [0.5, 0.6) is 5.75 Å². The largest absolute Gasteiger partial charge is 0.508 e. The molecule has 0 saturated heterocycles. The number of nitrogens with one attached hydrogen (secondary N) is 1. The van der Waals surface area contributed by atoms with E-state index in [0.717, 1.165) is 12.1 Å². The first-order valence-electron chi connectivity index (χ1n) is 8.53. The molecule has 5 nitrogen and oxygen atoms in total. The van der Waals surface area contributed by atoms with Crippen molar-refractivity contribution >= 4 is 5.91 Å². The Morgan fingerprint density at radius 3 is 2.64 bits per heavy atom. The van der Waals surface area contributed by atoms with E-state index in [2.05, 4.69) is 22.3 Å². The van der Waals surface area contributed by atoms with Crippen molar-refractivity contribution in [3.05, 3.63) is 65.2 Å². The van der Waals surface area contributed by atoms with Crippen molar-refractivity contribution in [3.63, 3.8) is 0 Å². The van der Waals surface area contributed by atoms with Gasteiger partial charge in [0, 0.05) is 26.7 Å². The highest BCUT2D eigenvalue weighted by Crippen LogP contribution is 2.25. The van der Waals surface area contributed by atoms with E-state index in [4.69, 9.17) is 4.74 Å². The van der Waals surface area contributed by atoms with Gasteiger partial charge in [-0.2, -0.15) is 0 Å². The molecule has 0 saturated carbocycles. The van der Waals surface area contributed by atoms with Crippen LogP contribution in [0.25, 0.3) is 0 Å². The number of carbonyl (C=O) groups is 1. The maximum atomic E-state index is 12.7. The third-order valence-electron chi connectivity index (χ3n) is 4.58. The molecule has 132 valence electrons. The molecule has 25 heavy (non-hydrogen) atoms. The van der Waals surface area contributed by atoms with Crippen LogP contribution in [-0.2, 0) is 29.0 Å². The average Bonchev–Trinajstić information content (AvgIpc) is 2.63. The summed E-state index contributed by atoms with van der Waals surface area (Å²) < 4.78 is 5.02. The van der Waals surface area contributed by atoms with Crippen LogP contribution in [0.4, 0.5) is 0 Å². The van der Waals surface area contributed by atoms with Crippen molar-refractivity contribution in [1.82, 2.24) is 10.2 Å². The number of aromatic hydroxyl groups is 1. The topological polar surface area (TPSA) is 61.8 Å². The van der Waals surface area contributed by atoms with E-state index in [-0.39, 0.29) is 17.7 Å². The lowest BCUT2D eigenvalue weighted by Gasteiger charge is -2.36. The van der Waals surface area contributed by atoms with Crippen molar-refractivity contribution in [2.24, 2.45) is 0 Å². The summed E-state index contributed by atoms with van der Waals surface area (Å²) in [5.41, 5.74) is 3.57. The highest BCUT2D eigenvalue weighted by atomic mass is 16.5. The van der Waals surface area contributed by atoms with Crippen LogP contribution in [0.15, 0.2) is 48.5 Å². The molecule has 0 fully saturated rings. The SMILES string of the molecule is COCCNC(=O)C1Cc2ccccc2CN1Cc1ccc(O)cc1. The Morgan fingerprint density at radius 1 is 1.20 bits per heavy atom. The van der Waals surface area contributed by atoms with Crippen LogP contribution in [0.1, 0.15) is 16.7 Å². The van der Waals surface area contributed by atoms with Crippen molar-refractivity contribution < 1.29 is 14.6 Å². The fourth-order valence-electron chi connectivity index (χ4n) is 3.23. The monoisotopic (exact) mass is 340 g/mol. The van der Waals surface area contributed by atoms with Crippen LogP contribution < -0.4 is 5.32 Å². The molecule has 0 radical (unpaired) electrons. The van der Waals surface area contributed by atoms with Gasteiger partial charge in [-0.3, -0.25) is 9.69 Å². The Kier molecular flexibility index (Phi) is 5.68. The highest BCUT2D eigenvalue weighted by Gasteiger charge is 2.31. The average molecular weight is 340 g/mol. The summed E-state index contributed by atoms with van der Waals surface area (Å²) in [5, 5.41) is 12.4. The number of hydrogen-bond acceptors (Lipinski definition) is 4. The van der Waals surface area contributed by atoms with Crippen molar-refractivity contribution in [3.8, 4) is 5.75 Å². The normalized spacial score (nSPS) is 17.1. The van der Waals surface area contributed by atoms with Gasteiger partial charge in [-0.1, -0.05) is 36.4 Å². The number of benzene rings is 2. The van der Waals surface area contributed by atoms with Crippen molar-refractivity contribution in [1.29, 1.82) is 0 Å². The van der Waals surface area contributed by atoms with Gasteiger partial charge in [0.1, 0.15) is 5.75 Å². The molecule has 3 rings (SSSR count). The van der Waals surface area contributed by atoms with Gasteiger partial charge in [0.05, 0.1) is 12.6 Å². The molecule has 1 heterocycles. The maximum absolute atomic E-state index is 12.7. The molecule has 1 amide bonds. The van der Waals surface area contributed by atoms with Gasteiger partial charge >= 0.3 is 0 Å². The summed E-state index contributed by atoms with van der Waals surface area (Å²) in [6.07, 6.45) is 0.701. The Morgan fingerprint density at radius 2 is 1.92 bits per heavy atom. The maximum Gasteiger partial charge on any atom is 0.237 e. The number of phenols is 1. The van der Waals surface area contributed by atoms with Crippen molar-refractivity contribution in [2.75, 3.05) is 20.3 Å². The number of fused-ring (bicyclic) bond motifs is 1. The first kappa shape index (κ1) is 17.5. The van der Waals surface area contributed by atoms with Crippen LogP contribution in [0.3, 0.4) is 0 Å². The molecular weight excluding hydrogens is 316 g/mol. The Labute approximate surface area is 148 Å². The predicted octanol–water partition coefficient (Wildman–Crippen LogP) is 2.08. The van der Waals surface area contributed by atoms with E-state index in [1.54, 1.807) is 19.2 Å². The summed E-state index contributed by atoms with van der Waals surface area (Å²) >= 11 is 0. The van der Waals surface area contributed by atoms with Gasteiger partial charge in [-0.15, -0.1) is 0 Å². The lowest BCUT2D eigenvalue weighted by molar-refractivity contribution is -0.127. The van der Waals surface area contributed by atoms with Gasteiger partial charge in [0.15, 0.2) is 0 Å². The number of amides is 1. The Balaban J connectivity index is 1.78. The van der Waals surface area contributed by atoms with E-state index >= 15 is 0 Å². The number of rotatable bonds is 6. The number of nitrogens with zero attached hydrogens (tertiary/aromatic N) is 1. The standard InChI is InChI=1S/C20H24N2O3/c1-25-11-10-21-20(24)19-12-16-4-2-3-5-17(16)14-22(19)13-15-6-8-18(23)9-7-15/h2-9,19,23H,10-14H2,1H3,(H,21,24). The molecular formula is C20H24N2O3. The molecule has 0 bridgehead atoms. The van der Waals surface area contributed by atoms with Crippen LogP contribution in [-0.4, -0.2) is 42.2 Å². The summed E-state index contributed by atoms with van der Waals surface area (Å²) in [6, 6.07) is 15.2. The first-order valence-corrected chi connectivity index (χ1v) is 8.53. The molecule has 0 aliphatic carbocycles. The summed E-state index contributed by atoms with van der Waals surface area (Å²) in [7, 11) is 1.63. The number of carbonyl (C=O) groups excluding carboxylic acids is 1. The Bertz CT molecular complexity index is 715. The Hall–Kier alpha value is -2.37. The summed E-state index contributed by atoms with van der Waals surface area (Å²) in [6.45, 7) is 2.42. The van der Waals surface area contributed by atoms with E-state index in [1.165, 1.54) is 11.1 Å². The predicted molar refractivity (Wildman–Crippen MR) is 96.2 cm³/mol. The van der Waals surface area contributed by atoms with Crippen LogP contribution >= 0.6 is 0 Å². The van der Waals surface area contributed by atoms with E-state index in [9.17, 15) is 9.90 Å². The minimum atomic E-state index is -0.208. The van der Waals surface area contributed by atoms with Crippen LogP contribution in [0, 0.1) is 0 Å². The van der Waals surface area contributed by atoms with Crippen LogP contribution in [0.2, 0.25) is 0 Å². The fourth-order valence-corrected chi connectivity index (χ4v) is 3.23. The van der Waals surface area contributed by atoms with Gasteiger partial charge < -0.3 is 15.2 Å². The number of hydrogen-bond donors (Lipinski definition) is 2. The molecule has 0 aromatic heterocycles. The smallest absolute Gasteiger partial charge is 0.237 e. The second-order valence-corrected chi connectivity index (χ2v) is 6.34. The second-order valence-electron chi connectivity index (χ2n) is 6.34. The zero-order chi connectivity index (χ0) is 17.6. The molecule has 1 atom stereocenters. The first-order chi connectivity index (χ1) is 12.2. The van der Waals surface area contributed by atoms with Crippen molar-refractivity contribution in [2.45, 2.75) is 25.6 Å². The van der Waals surface area contributed by atoms with Gasteiger partial charge in [0.25, 0.3) is 0 Å². The molecule has 0 spiro atoms. The summed E-state index contributed by atoms with van der Waals surface area (Å²) in [4.78, 5) is 14.9. The molecule has 2 aromatic rings. The van der Waals surface area contributed by atoms with E-state index in [1.807, 2.05) is 24.3 Å². The number of ether oxygens (including phenoxy) is 1. The van der Waals surface area contributed by atoms with E-state index in [0.29, 0.717) is 26.1 Å². The van der Waals surface area contributed by atoms with E-state index < -0.39 is 0 Å². The number of methoxy groups -OCH3 is 1. The zero-order valence-electron chi connectivity index (χ0n) is 14.4. The van der Waals surface area contributed by atoms with Gasteiger partial charge in [-0.25, -0.2) is 0 Å². The lowest BCUT2D eigenvalue weighted by Crippen LogP contribution is -2.50.